The van der Waals surface area contributed by atoms with Crippen LogP contribution in [0.4, 0.5) is 17.6 Å². The van der Waals surface area contributed by atoms with Gasteiger partial charge in [-0.2, -0.15) is 13.2 Å². The molecule has 0 N–H and O–H groups in total. The molecule has 0 aliphatic heterocycles. The molecule has 0 saturated carbocycles. The molecule has 0 nitrogen and oxygen atoms in total. The van der Waals surface area contributed by atoms with E-state index in [0.717, 1.165) is 12.8 Å². The van der Waals surface area contributed by atoms with E-state index in [0.29, 0.717) is 6.42 Å². The normalized spacial score (nSPS) is 19.1. The molecule has 0 aromatic heterocycles. The fraction of sp³-hybridized carbons (Fsp3) is 1.00. The second kappa shape index (κ2) is 5.68. The summed E-state index contributed by atoms with van der Waals surface area (Å²) in [5.41, 5.74) is 0. The first-order valence-electron chi connectivity index (χ1n) is 4.32. The molecular formula is C8H12Br2F4. The third-order valence-electron chi connectivity index (χ3n) is 1.83. The average molecular weight is 344 g/mol. The molecule has 2 unspecified atom stereocenters. The van der Waals surface area contributed by atoms with Crippen molar-refractivity contribution in [2.45, 2.75) is 48.2 Å². The zero-order valence-electron chi connectivity index (χ0n) is 7.67. The Morgan fingerprint density at radius 1 is 1.14 bits per heavy atom. The average Bonchev–Trinajstić information content (AvgIpc) is 2.02. The van der Waals surface area contributed by atoms with Gasteiger partial charge in [0.15, 0.2) is 0 Å². The molecule has 0 aliphatic rings. The Balaban J connectivity index is 4.15. The van der Waals surface area contributed by atoms with Crippen molar-refractivity contribution in [2.75, 3.05) is 0 Å². The zero-order valence-corrected chi connectivity index (χ0v) is 10.8. The van der Waals surface area contributed by atoms with E-state index < -0.39 is 15.6 Å². The van der Waals surface area contributed by atoms with Gasteiger partial charge < -0.3 is 0 Å². The molecule has 6 heteroatoms. The minimum absolute atomic E-state index is 0.162. The molecule has 0 rings (SSSR count). The first-order valence-corrected chi connectivity index (χ1v) is 6.03. The Morgan fingerprint density at radius 3 is 2.00 bits per heavy atom. The van der Waals surface area contributed by atoms with E-state index >= 15 is 0 Å². The van der Waals surface area contributed by atoms with Crippen molar-refractivity contribution in [1.29, 1.82) is 0 Å². The number of halogens is 6. The van der Waals surface area contributed by atoms with E-state index in [1.54, 1.807) is 0 Å². The summed E-state index contributed by atoms with van der Waals surface area (Å²) in [6.07, 6.45) is -2.43. The van der Waals surface area contributed by atoms with Gasteiger partial charge in [0.25, 0.3) is 4.58 Å². The fourth-order valence-corrected chi connectivity index (χ4v) is 1.74. The Labute approximate surface area is 97.7 Å². The number of unbranched alkanes of at least 4 members (excludes halogenated alkanes) is 2. The summed E-state index contributed by atoms with van der Waals surface area (Å²) in [7, 11) is 0. The fourth-order valence-electron chi connectivity index (χ4n) is 0.932. The number of hydrogen-bond acceptors (Lipinski definition) is 0. The van der Waals surface area contributed by atoms with Crippen LogP contribution in [0.3, 0.4) is 0 Å². The lowest BCUT2D eigenvalue weighted by Gasteiger charge is -2.26. The van der Waals surface area contributed by atoms with Gasteiger partial charge in [0.1, 0.15) is 0 Å². The molecule has 0 aromatic carbocycles. The third-order valence-corrected chi connectivity index (χ3v) is 4.54. The first-order chi connectivity index (χ1) is 6.23. The number of alkyl halides is 6. The molecule has 0 heterocycles. The Kier molecular flexibility index (Phi) is 5.95. The molecule has 14 heavy (non-hydrogen) atoms. The topological polar surface area (TPSA) is 0 Å². The first kappa shape index (κ1) is 14.7. The largest absolute Gasteiger partial charge is 0.433 e. The number of hydrogen-bond donors (Lipinski definition) is 0. The molecule has 0 amide bonds. The smallest absolute Gasteiger partial charge is 0.220 e. The van der Waals surface area contributed by atoms with Crippen molar-refractivity contribution in [3.63, 3.8) is 0 Å². The van der Waals surface area contributed by atoms with Crippen LogP contribution in [0.5, 0.6) is 0 Å². The highest BCUT2D eigenvalue weighted by Crippen LogP contribution is 2.46. The highest BCUT2D eigenvalue weighted by Gasteiger charge is 2.58. The highest BCUT2D eigenvalue weighted by molar-refractivity contribution is 9.12. The third kappa shape index (κ3) is 4.04. The maximum Gasteiger partial charge on any atom is 0.433 e. The highest BCUT2D eigenvalue weighted by atomic mass is 79.9. The second-order valence-corrected chi connectivity index (χ2v) is 5.34. The summed E-state index contributed by atoms with van der Waals surface area (Å²) in [5, 5.41) is 0. The molecule has 0 aliphatic carbocycles. The maximum atomic E-state index is 13.2. The summed E-state index contributed by atoms with van der Waals surface area (Å²) in [6.45, 7) is 1.93. The quantitative estimate of drug-likeness (QED) is 0.376. The zero-order chi connectivity index (χ0) is 11.4. The summed E-state index contributed by atoms with van der Waals surface area (Å²) in [5.74, 6) is 0. The minimum atomic E-state index is -4.88. The lowest BCUT2D eigenvalue weighted by Crippen LogP contribution is -2.42. The Morgan fingerprint density at radius 2 is 1.64 bits per heavy atom. The van der Waals surface area contributed by atoms with Crippen molar-refractivity contribution in [3.05, 3.63) is 0 Å². The van der Waals surface area contributed by atoms with Gasteiger partial charge in [0.05, 0.1) is 4.83 Å². The van der Waals surface area contributed by atoms with Gasteiger partial charge in [-0.25, -0.2) is 4.39 Å². The van der Waals surface area contributed by atoms with Gasteiger partial charge in [0, 0.05) is 0 Å². The summed E-state index contributed by atoms with van der Waals surface area (Å²) >= 11 is 4.80. The molecular weight excluding hydrogens is 332 g/mol. The van der Waals surface area contributed by atoms with Crippen molar-refractivity contribution in [3.8, 4) is 0 Å². The van der Waals surface area contributed by atoms with Crippen LogP contribution < -0.4 is 0 Å². The summed E-state index contributed by atoms with van der Waals surface area (Å²) in [6, 6.07) is 0. The van der Waals surface area contributed by atoms with Gasteiger partial charge in [-0.05, 0) is 22.4 Å². The van der Waals surface area contributed by atoms with Gasteiger partial charge >= 0.3 is 6.18 Å². The lowest BCUT2D eigenvalue weighted by atomic mass is 10.1. The van der Waals surface area contributed by atoms with E-state index in [2.05, 4.69) is 31.9 Å². The monoisotopic (exact) mass is 342 g/mol. The Bertz CT molecular complexity index is 167. The predicted molar refractivity (Wildman–Crippen MR) is 55.7 cm³/mol. The molecule has 0 saturated heterocycles. The lowest BCUT2D eigenvalue weighted by molar-refractivity contribution is -0.191. The van der Waals surface area contributed by atoms with E-state index in [1.165, 1.54) is 0 Å². The van der Waals surface area contributed by atoms with Crippen LogP contribution in [-0.4, -0.2) is 15.6 Å². The molecule has 0 fully saturated rings. The standard InChI is InChI=1S/C8H12Br2F4/c1-2-3-4-5-6(9)7(10,11)8(12,13)14/h6H,2-5H2,1H3. The van der Waals surface area contributed by atoms with E-state index in [-0.39, 0.29) is 6.42 Å². The molecule has 0 aromatic rings. The van der Waals surface area contributed by atoms with Gasteiger partial charge in [-0.1, -0.05) is 42.1 Å². The van der Waals surface area contributed by atoms with Gasteiger partial charge in [0.2, 0.25) is 0 Å². The molecule has 0 bridgehead atoms. The van der Waals surface area contributed by atoms with Crippen LogP contribution in [0, 0.1) is 0 Å². The van der Waals surface area contributed by atoms with Crippen LogP contribution in [0.25, 0.3) is 0 Å². The van der Waals surface area contributed by atoms with Crippen molar-refractivity contribution in [2.24, 2.45) is 0 Å². The van der Waals surface area contributed by atoms with Crippen LogP contribution in [0.1, 0.15) is 32.6 Å². The van der Waals surface area contributed by atoms with Crippen LogP contribution >= 0.6 is 31.9 Å². The second-order valence-electron chi connectivity index (χ2n) is 3.08. The van der Waals surface area contributed by atoms with Crippen molar-refractivity contribution in [1.82, 2.24) is 0 Å². The minimum Gasteiger partial charge on any atom is -0.220 e. The maximum absolute atomic E-state index is 13.2. The van der Waals surface area contributed by atoms with E-state index in [9.17, 15) is 17.6 Å². The predicted octanol–water partition coefficient (Wildman–Crippen LogP) is 4.95. The van der Waals surface area contributed by atoms with Crippen molar-refractivity contribution >= 4 is 31.9 Å². The van der Waals surface area contributed by atoms with Crippen LogP contribution in [0.15, 0.2) is 0 Å². The van der Waals surface area contributed by atoms with Gasteiger partial charge in [-0.15, -0.1) is 0 Å². The SMILES string of the molecule is CCCCCC(Br)C(F)(Br)C(F)(F)F. The van der Waals surface area contributed by atoms with Crippen LogP contribution in [0.2, 0.25) is 0 Å². The molecule has 86 valence electrons. The summed E-state index contributed by atoms with van der Waals surface area (Å²) < 4.78 is 46.3. The molecule has 2 atom stereocenters. The number of rotatable bonds is 5. The summed E-state index contributed by atoms with van der Waals surface area (Å²) in [4.78, 5) is -1.23. The van der Waals surface area contributed by atoms with Crippen molar-refractivity contribution < 1.29 is 17.6 Å². The van der Waals surface area contributed by atoms with E-state index in [1.807, 2.05) is 6.92 Å². The molecule has 0 spiro atoms. The molecule has 0 radical (unpaired) electrons. The van der Waals surface area contributed by atoms with Crippen LogP contribution in [-0.2, 0) is 0 Å². The van der Waals surface area contributed by atoms with E-state index in [4.69, 9.17) is 0 Å². The Hall–Kier alpha value is 0.680. The van der Waals surface area contributed by atoms with Gasteiger partial charge in [-0.3, -0.25) is 0 Å².